The zero-order chi connectivity index (χ0) is 17.2. The van der Waals surface area contributed by atoms with Gasteiger partial charge in [-0.2, -0.15) is 0 Å². The average molecular weight is 336 g/mol. The average Bonchev–Trinajstić information content (AvgIpc) is 3.06. The molecule has 128 valence electrons. The van der Waals surface area contributed by atoms with Gasteiger partial charge in [0.15, 0.2) is 5.65 Å². The number of H-pyrrole nitrogens is 1. The molecule has 1 aromatic carbocycles. The maximum atomic E-state index is 12.4. The molecule has 0 aliphatic carbocycles. The Hall–Kier alpha value is -2.89. The van der Waals surface area contributed by atoms with E-state index in [0.717, 1.165) is 36.2 Å². The van der Waals surface area contributed by atoms with Crippen LogP contribution in [0.25, 0.3) is 16.8 Å². The number of hydrogen-bond donors (Lipinski definition) is 1. The molecule has 0 radical (unpaired) electrons. The SMILES string of the molecule is O=C1CCCCN1CCc1cc(=O)n2[nH]cc(-c3ccccc3)c2n1. The predicted molar refractivity (Wildman–Crippen MR) is 95.4 cm³/mol. The Labute approximate surface area is 145 Å². The molecule has 1 fully saturated rings. The van der Waals surface area contributed by atoms with Crippen LogP contribution in [0, 0.1) is 0 Å². The van der Waals surface area contributed by atoms with Crippen molar-refractivity contribution in [3.8, 4) is 11.1 Å². The highest BCUT2D eigenvalue weighted by atomic mass is 16.2. The lowest BCUT2D eigenvalue weighted by Crippen LogP contribution is -2.36. The quantitative estimate of drug-likeness (QED) is 0.794. The Morgan fingerprint density at radius 1 is 1.12 bits per heavy atom. The molecule has 4 rings (SSSR count). The smallest absolute Gasteiger partial charge is 0.272 e. The van der Waals surface area contributed by atoms with Crippen molar-refractivity contribution < 1.29 is 4.79 Å². The van der Waals surface area contributed by atoms with E-state index in [0.29, 0.717) is 25.0 Å². The van der Waals surface area contributed by atoms with Gasteiger partial charge in [-0.25, -0.2) is 9.50 Å². The second kappa shape index (κ2) is 6.55. The standard InChI is InChI=1S/C19H20N4O2/c24-17-8-4-5-10-22(17)11-9-15-12-18(25)23-19(21-15)16(13-20-23)14-6-2-1-3-7-14/h1-3,6-7,12-13,20H,4-5,8-11H2. The van der Waals surface area contributed by atoms with Crippen LogP contribution in [-0.4, -0.2) is 38.5 Å². The maximum Gasteiger partial charge on any atom is 0.272 e. The Morgan fingerprint density at radius 3 is 2.76 bits per heavy atom. The first-order valence-electron chi connectivity index (χ1n) is 8.65. The van der Waals surface area contributed by atoms with Crippen LogP contribution in [0.15, 0.2) is 47.4 Å². The monoisotopic (exact) mass is 336 g/mol. The lowest BCUT2D eigenvalue weighted by molar-refractivity contribution is -0.133. The van der Waals surface area contributed by atoms with Gasteiger partial charge >= 0.3 is 0 Å². The number of likely N-dealkylation sites (tertiary alicyclic amines) is 1. The van der Waals surface area contributed by atoms with E-state index in [2.05, 4.69) is 10.1 Å². The second-order valence-electron chi connectivity index (χ2n) is 6.39. The molecule has 25 heavy (non-hydrogen) atoms. The number of hydrogen-bond acceptors (Lipinski definition) is 3. The number of rotatable bonds is 4. The molecule has 0 unspecified atom stereocenters. The molecule has 1 aliphatic heterocycles. The van der Waals surface area contributed by atoms with Crippen molar-refractivity contribution in [3.63, 3.8) is 0 Å². The van der Waals surface area contributed by atoms with Gasteiger partial charge in [0.25, 0.3) is 5.56 Å². The van der Waals surface area contributed by atoms with Gasteiger partial charge in [-0.1, -0.05) is 30.3 Å². The van der Waals surface area contributed by atoms with E-state index in [1.807, 2.05) is 35.2 Å². The van der Waals surface area contributed by atoms with Crippen molar-refractivity contribution in [1.29, 1.82) is 0 Å². The molecule has 1 aliphatic rings. The van der Waals surface area contributed by atoms with Gasteiger partial charge in [-0.05, 0) is 18.4 Å². The third kappa shape index (κ3) is 3.07. The summed E-state index contributed by atoms with van der Waals surface area (Å²) in [6.45, 7) is 1.42. The number of nitrogens with zero attached hydrogens (tertiary/aromatic N) is 3. The molecule has 0 bridgehead atoms. The van der Waals surface area contributed by atoms with Crippen LogP contribution in [0.3, 0.4) is 0 Å². The molecule has 1 N–H and O–H groups in total. The number of nitrogens with one attached hydrogen (secondary N) is 1. The number of fused-ring (bicyclic) bond motifs is 1. The summed E-state index contributed by atoms with van der Waals surface area (Å²) in [6, 6.07) is 11.4. The van der Waals surface area contributed by atoms with E-state index in [9.17, 15) is 9.59 Å². The van der Waals surface area contributed by atoms with Crippen molar-refractivity contribution in [1.82, 2.24) is 19.5 Å². The number of amides is 1. The van der Waals surface area contributed by atoms with Gasteiger partial charge in [0.05, 0.1) is 5.69 Å². The number of aromatic nitrogens is 3. The normalized spacial score (nSPS) is 15.0. The van der Waals surface area contributed by atoms with Crippen LogP contribution >= 0.6 is 0 Å². The molecule has 1 saturated heterocycles. The van der Waals surface area contributed by atoms with Gasteiger partial charge in [0.1, 0.15) is 0 Å². The fraction of sp³-hybridized carbons (Fsp3) is 0.316. The summed E-state index contributed by atoms with van der Waals surface area (Å²) in [5.41, 5.74) is 3.12. The topological polar surface area (TPSA) is 70.5 Å². The van der Waals surface area contributed by atoms with Crippen LogP contribution in [0.5, 0.6) is 0 Å². The minimum absolute atomic E-state index is 0.132. The van der Waals surface area contributed by atoms with Gasteiger partial charge < -0.3 is 4.90 Å². The number of carbonyl (C=O) groups is 1. The van der Waals surface area contributed by atoms with Crippen molar-refractivity contribution in [2.75, 3.05) is 13.1 Å². The molecule has 6 nitrogen and oxygen atoms in total. The number of carbonyl (C=O) groups excluding carboxylic acids is 1. The van der Waals surface area contributed by atoms with E-state index in [4.69, 9.17) is 0 Å². The lowest BCUT2D eigenvalue weighted by atomic mass is 10.1. The Morgan fingerprint density at radius 2 is 1.96 bits per heavy atom. The van der Waals surface area contributed by atoms with Gasteiger partial charge in [0.2, 0.25) is 5.91 Å². The minimum Gasteiger partial charge on any atom is -0.342 e. The highest BCUT2D eigenvalue weighted by molar-refractivity contribution is 5.77. The molecular weight excluding hydrogens is 316 g/mol. The Bertz CT molecular complexity index is 958. The first-order chi connectivity index (χ1) is 12.2. The predicted octanol–water partition coefficient (Wildman–Crippen LogP) is 2.24. The number of piperidine rings is 1. The molecule has 0 atom stereocenters. The summed E-state index contributed by atoms with van der Waals surface area (Å²) in [7, 11) is 0. The lowest BCUT2D eigenvalue weighted by Gasteiger charge is -2.26. The largest absolute Gasteiger partial charge is 0.342 e. The van der Waals surface area contributed by atoms with Crippen LogP contribution in [-0.2, 0) is 11.2 Å². The summed E-state index contributed by atoms with van der Waals surface area (Å²) in [5, 5.41) is 2.97. The molecule has 0 saturated carbocycles. The molecule has 3 aromatic rings. The summed E-state index contributed by atoms with van der Waals surface area (Å²) >= 11 is 0. The van der Waals surface area contributed by atoms with Crippen molar-refractivity contribution >= 4 is 11.6 Å². The van der Waals surface area contributed by atoms with Gasteiger partial charge in [-0.15, -0.1) is 0 Å². The van der Waals surface area contributed by atoms with E-state index in [1.54, 1.807) is 12.3 Å². The van der Waals surface area contributed by atoms with E-state index < -0.39 is 0 Å². The van der Waals surface area contributed by atoms with Crippen LogP contribution in [0.1, 0.15) is 25.0 Å². The Kier molecular flexibility index (Phi) is 4.09. The molecule has 1 amide bonds. The van der Waals surface area contributed by atoms with Crippen molar-refractivity contribution in [2.45, 2.75) is 25.7 Å². The zero-order valence-electron chi connectivity index (χ0n) is 13.9. The first-order valence-corrected chi connectivity index (χ1v) is 8.65. The number of aromatic amines is 1. The van der Waals surface area contributed by atoms with Crippen LogP contribution < -0.4 is 5.56 Å². The van der Waals surface area contributed by atoms with E-state index >= 15 is 0 Å². The van der Waals surface area contributed by atoms with Crippen LogP contribution in [0.2, 0.25) is 0 Å². The Balaban J connectivity index is 1.64. The maximum absolute atomic E-state index is 12.4. The summed E-state index contributed by atoms with van der Waals surface area (Å²) < 4.78 is 1.46. The van der Waals surface area contributed by atoms with Crippen molar-refractivity contribution in [3.05, 3.63) is 58.6 Å². The third-order valence-electron chi connectivity index (χ3n) is 4.69. The van der Waals surface area contributed by atoms with Gasteiger partial charge in [0, 0.05) is 43.8 Å². The minimum atomic E-state index is -0.132. The molecule has 6 heteroatoms. The first kappa shape index (κ1) is 15.6. The van der Waals surface area contributed by atoms with E-state index in [1.165, 1.54) is 4.52 Å². The molecule has 2 aromatic heterocycles. The third-order valence-corrected chi connectivity index (χ3v) is 4.69. The van der Waals surface area contributed by atoms with Gasteiger partial charge in [-0.3, -0.25) is 14.7 Å². The molecule has 3 heterocycles. The fourth-order valence-electron chi connectivity index (χ4n) is 3.33. The highest BCUT2D eigenvalue weighted by Gasteiger charge is 2.18. The number of benzene rings is 1. The second-order valence-corrected chi connectivity index (χ2v) is 6.39. The van der Waals surface area contributed by atoms with Crippen LogP contribution in [0.4, 0.5) is 0 Å². The summed E-state index contributed by atoms with van der Waals surface area (Å²) in [5.74, 6) is 0.204. The molecule has 0 spiro atoms. The fourth-order valence-corrected chi connectivity index (χ4v) is 3.33. The molecular formula is C19H20N4O2. The summed E-state index contributed by atoms with van der Waals surface area (Å²) in [6.07, 6.45) is 5.06. The highest BCUT2D eigenvalue weighted by Crippen LogP contribution is 2.22. The van der Waals surface area contributed by atoms with E-state index in [-0.39, 0.29) is 11.5 Å². The zero-order valence-corrected chi connectivity index (χ0v) is 13.9. The van der Waals surface area contributed by atoms with Crippen molar-refractivity contribution in [2.24, 2.45) is 0 Å². The summed E-state index contributed by atoms with van der Waals surface area (Å²) in [4.78, 5) is 30.9.